The van der Waals surface area contributed by atoms with Crippen molar-refractivity contribution in [3.63, 3.8) is 0 Å². The molecule has 7 heteroatoms. The number of aliphatic carboxylic acids is 1. The van der Waals surface area contributed by atoms with E-state index in [0.717, 1.165) is 12.1 Å². The standard InChI is InChI=1S/C9H8FNO5/c1-4-2-5(10)7(8(12)9(13)14)6(3-4)11(15)16/h2-3,8,12H,1H3,(H,13,14). The van der Waals surface area contributed by atoms with Gasteiger partial charge in [0.15, 0.2) is 6.10 Å². The van der Waals surface area contributed by atoms with E-state index in [0.29, 0.717) is 0 Å². The normalized spacial score (nSPS) is 12.2. The van der Waals surface area contributed by atoms with Gasteiger partial charge in [-0.05, 0) is 18.6 Å². The van der Waals surface area contributed by atoms with Crippen LogP contribution in [0.4, 0.5) is 10.1 Å². The number of aliphatic hydroxyl groups is 1. The number of aryl methyl sites for hydroxylation is 1. The molecular formula is C9H8FNO5. The van der Waals surface area contributed by atoms with Gasteiger partial charge in [0, 0.05) is 6.07 Å². The first-order valence-corrected chi connectivity index (χ1v) is 4.20. The van der Waals surface area contributed by atoms with Crippen molar-refractivity contribution in [2.45, 2.75) is 13.0 Å². The van der Waals surface area contributed by atoms with Gasteiger partial charge in [0.05, 0.1) is 4.92 Å². The zero-order valence-corrected chi connectivity index (χ0v) is 8.18. The molecule has 1 unspecified atom stereocenters. The third kappa shape index (κ3) is 2.14. The second-order valence-electron chi connectivity index (χ2n) is 3.18. The Labute approximate surface area is 89.1 Å². The molecule has 86 valence electrons. The van der Waals surface area contributed by atoms with E-state index in [4.69, 9.17) is 10.2 Å². The molecule has 1 atom stereocenters. The minimum absolute atomic E-state index is 0.269. The third-order valence-electron chi connectivity index (χ3n) is 1.96. The lowest BCUT2D eigenvalue weighted by Crippen LogP contribution is -2.14. The summed E-state index contributed by atoms with van der Waals surface area (Å²) in [6.07, 6.45) is -2.25. The predicted octanol–water partition coefficient (Wildman–Crippen LogP) is 1.16. The number of rotatable bonds is 3. The highest BCUT2D eigenvalue weighted by molar-refractivity contribution is 5.76. The van der Waals surface area contributed by atoms with E-state index in [1.807, 2.05) is 0 Å². The number of hydrogen-bond acceptors (Lipinski definition) is 4. The molecule has 0 aliphatic rings. The summed E-state index contributed by atoms with van der Waals surface area (Å²) in [5, 5.41) is 28.2. The van der Waals surface area contributed by atoms with Gasteiger partial charge < -0.3 is 10.2 Å². The van der Waals surface area contributed by atoms with Crippen LogP contribution in [0.3, 0.4) is 0 Å². The molecule has 0 radical (unpaired) electrons. The number of nitro groups is 1. The van der Waals surface area contributed by atoms with Crippen LogP contribution in [-0.2, 0) is 4.79 Å². The van der Waals surface area contributed by atoms with E-state index in [-0.39, 0.29) is 5.56 Å². The molecule has 1 aromatic rings. The SMILES string of the molecule is Cc1cc(F)c(C(O)C(=O)O)c([N+](=O)[O-])c1. The molecule has 0 aliphatic heterocycles. The molecule has 6 nitrogen and oxygen atoms in total. The maximum Gasteiger partial charge on any atom is 0.337 e. The topological polar surface area (TPSA) is 101 Å². The van der Waals surface area contributed by atoms with Crippen LogP contribution in [0.25, 0.3) is 0 Å². The van der Waals surface area contributed by atoms with Crippen LogP contribution in [0.5, 0.6) is 0 Å². The van der Waals surface area contributed by atoms with Crippen LogP contribution in [-0.4, -0.2) is 21.1 Å². The fraction of sp³-hybridized carbons (Fsp3) is 0.222. The van der Waals surface area contributed by atoms with Crippen LogP contribution >= 0.6 is 0 Å². The fourth-order valence-corrected chi connectivity index (χ4v) is 1.28. The number of aliphatic hydroxyl groups excluding tert-OH is 1. The van der Waals surface area contributed by atoms with Crippen molar-refractivity contribution in [3.8, 4) is 0 Å². The second kappa shape index (κ2) is 4.23. The van der Waals surface area contributed by atoms with E-state index in [1.165, 1.54) is 6.92 Å². The molecular weight excluding hydrogens is 221 g/mol. The summed E-state index contributed by atoms with van der Waals surface area (Å²) in [6.45, 7) is 1.42. The molecule has 0 aliphatic carbocycles. The average Bonchev–Trinajstić information content (AvgIpc) is 2.15. The highest BCUT2D eigenvalue weighted by Gasteiger charge is 2.29. The average molecular weight is 229 g/mol. The summed E-state index contributed by atoms with van der Waals surface area (Å²) in [6, 6.07) is 1.93. The number of carboxylic acid groups (broad SMARTS) is 1. The molecule has 1 rings (SSSR count). The number of nitrogens with zero attached hydrogens (tertiary/aromatic N) is 1. The van der Waals surface area contributed by atoms with Crippen LogP contribution in [0.1, 0.15) is 17.2 Å². The van der Waals surface area contributed by atoms with Gasteiger partial charge in [-0.2, -0.15) is 0 Å². The zero-order valence-electron chi connectivity index (χ0n) is 8.18. The maximum absolute atomic E-state index is 13.4. The number of hydrogen-bond donors (Lipinski definition) is 2. The molecule has 0 aromatic heterocycles. The van der Waals surface area contributed by atoms with Crippen molar-refractivity contribution >= 4 is 11.7 Å². The number of benzene rings is 1. The van der Waals surface area contributed by atoms with Gasteiger partial charge in [-0.1, -0.05) is 0 Å². The summed E-state index contributed by atoms with van der Waals surface area (Å²) < 4.78 is 13.4. The largest absolute Gasteiger partial charge is 0.479 e. The van der Waals surface area contributed by atoms with Gasteiger partial charge in [0.1, 0.15) is 11.4 Å². The fourth-order valence-electron chi connectivity index (χ4n) is 1.28. The molecule has 0 saturated heterocycles. The van der Waals surface area contributed by atoms with Crippen LogP contribution < -0.4 is 0 Å². The van der Waals surface area contributed by atoms with E-state index in [2.05, 4.69) is 0 Å². The smallest absolute Gasteiger partial charge is 0.337 e. The monoisotopic (exact) mass is 229 g/mol. The van der Waals surface area contributed by atoms with Gasteiger partial charge in [-0.15, -0.1) is 0 Å². The van der Waals surface area contributed by atoms with Gasteiger partial charge >= 0.3 is 5.97 Å². The Kier molecular flexibility index (Phi) is 3.19. The van der Waals surface area contributed by atoms with Crippen molar-refractivity contribution in [1.29, 1.82) is 0 Å². The van der Waals surface area contributed by atoms with Crippen LogP contribution in [0.2, 0.25) is 0 Å². The van der Waals surface area contributed by atoms with Gasteiger partial charge in [0.25, 0.3) is 5.69 Å². The number of carbonyl (C=O) groups is 1. The first-order valence-electron chi connectivity index (χ1n) is 4.20. The minimum Gasteiger partial charge on any atom is -0.479 e. The van der Waals surface area contributed by atoms with E-state index >= 15 is 0 Å². The summed E-state index contributed by atoms with van der Waals surface area (Å²) in [4.78, 5) is 20.1. The minimum atomic E-state index is -2.25. The van der Waals surface area contributed by atoms with Crippen molar-refractivity contribution in [1.82, 2.24) is 0 Å². The highest BCUT2D eigenvalue weighted by Crippen LogP contribution is 2.29. The Morgan fingerprint density at radius 1 is 1.56 bits per heavy atom. The summed E-state index contributed by atoms with van der Waals surface area (Å²) in [7, 11) is 0. The Morgan fingerprint density at radius 2 is 2.12 bits per heavy atom. The van der Waals surface area contributed by atoms with Crippen LogP contribution in [0.15, 0.2) is 12.1 Å². The molecule has 0 heterocycles. The Bertz CT molecular complexity index is 459. The number of carboxylic acids is 1. The van der Waals surface area contributed by atoms with Crippen molar-refractivity contribution in [2.24, 2.45) is 0 Å². The van der Waals surface area contributed by atoms with E-state index in [9.17, 15) is 19.3 Å². The van der Waals surface area contributed by atoms with Gasteiger partial charge in [0.2, 0.25) is 0 Å². The number of nitro benzene ring substituents is 1. The van der Waals surface area contributed by atoms with E-state index < -0.39 is 34.1 Å². The molecule has 0 amide bonds. The molecule has 16 heavy (non-hydrogen) atoms. The Morgan fingerprint density at radius 3 is 2.56 bits per heavy atom. The molecule has 1 aromatic carbocycles. The Balaban J connectivity index is 3.46. The van der Waals surface area contributed by atoms with Crippen molar-refractivity contribution in [2.75, 3.05) is 0 Å². The number of halogens is 1. The van der Waals surface area contributed by atoms with Gasteiger partial charge in [-0.25, -0.2) is 9.18 Å². The highest BCUT2D eigenvalue weighted by atomic mass is 19.1. The molecule has 0 fully saturated rings. The van der Waals surface area contributed by atoms with E-state index in [1.54, 1.807) is 0 Å². The second-order valence-corrected chi connectivity index (χ2v) is 3.18. The lowest BCUT2D eigenvalue weighted by Gasteiger charge is -2.08. The molecule has 0 spiro atoms. The summed E-state index contributed by atoms with van der Waals surface area (Å²) in [5.74, 6) is -2.85. The first-order chi connectivity index (χ1) is 7.34. The van der Waals surface area contributed by atoms with Gasteiger partial charge in [-0.3, -0.25) is 10.1 Å². The summed E-state index contributed by atoms with van der Waals surface area (Å²) in [5.41, 5.74) is -1.30. The van der Waals surface area contributed by atoms with Crippen LogP contribution in [0, 0.1) is 22.9 Å². The third-order valence-corrected chi connectivity index (χ3v) is 1.96. The molecule has 0 saturated carbocycles. The van der Waals surface area contributed by atoms with Crippen molar-refractivity contribution in [3.05, 3.63) is 39.2 Å². The molecule has 0 bridgehead atoms. The first kappa shape index (κ1) is 12.1. The summed E-state index contributed by atoms with van der Waals surface area (Å²) >= 11 is 0. The quantitative estimate of drug-likeness (QED) is 0.598. The zero-order chi connectivity index (χ0) is 12.5. The van der Waals surface area contributed by atoms with Crippen molar-refractivity contribution < 1.29 is 24.3 Å². The Hall–Kier alpha value is -2.02. The predicted molar refractivity (Wildman–Crippen MR) is 50.4 cm³/mol. The molecule has 2 N–H and O–H groups in total. The lowest BCUT2D eigenvalue weighted by molar-refractivity contribution is -0.386. The maximum atomic E-state index is 13.4. The lowest BCUT2D eigenvalue weighted by atomic mass is 10.0.